The van der Waals surface area contributed by atoms with E-state index in [9.17, 15) is 4.79 Å². The molecule has 4 heteroatoms. The van der Waals surface area contributed by atoms with E-state index in [-0.39, 0.29) is 12.5 Å². The number of carbonyl (C=O) groups excluding carboxylic acids is 1. The number of hydrogen-bond donors (Lipinski definition) is 0. The first-order valence-electron chi connectivity index (χ1n) is 8.24. The number of likely N-dealkylation sites (tertiary alicyclic amines) is 1. The third-order valence-electron chi connectivity index (χ3n) is 4.12. The molecule has 1 aromatic carbocycles. The third-order valence-corrected chi connectivity index (χ3v) is 4.12. The Hall–Kier alpha value is -1.97. The summed E-state index contributed by atoms with van der Waals surface area (Å²) in [5.41, 5.74) is 1.04. The fourth-order valence-corrected chi connectivity index (χ4v) is 3.20. The molecule has 2 unspecified atom stereocenters. The van der Waals surface area contributed by atoms with Crippen LogP contribution in [0.15, 0.2) is 24.3 Å². The van der Waals surface area contributed by atoms with Crippen LogP contribution in [-0.2, 0) is 4.79 Å². The first kappa shape index (κ1) is 17.4. The highest BCUT2D eigenvalue weighted by Gasteiger charge is 2.25. The van der Waals surface area contributed by atoms with Crippen molar-refractivity contribution in [3.63, 3.8) is 0 Å². The highest BCUT2D eigenvalue weighted by molar-refractivity contribution is 5.78. The van der Waals surface area contributed by atoms with Crippen molar-refractivity contribution < 1.29 is 14.3 Å². The van der Waals surface area contributed by atoms with Gasteiger partial charge in [-0.3, -0.25) is 4.79 Å². The van der Waals surface area contributed by atoms with E-state index >= 15 is 0 Å². The molecule has 1 amide bonds. The van der Waals surface area contributed by atoms with Gasteiger partial charge in [0.1, 0.15) is 0 Å². The monoisotopic (exact) mass is 317 g/mol. The van der Waals surface area contributed by atoms with Gasteiger partial charge in [0.2, 0.25) is 0 Å². The summed E-state index contributed by atoms with van der Waals surface area (Å²) in [5.74, 6) is 2.40. The largest absolute Gasteiger partial charge is 0.493 e. The molecule has 1 heterocycles. The van der Waals surface area contributed by atoms with Crippen molar-refractivity contribution >= 4 is 12.0 Å². The van der Waals surface area contributed by atoms with Gasteiger partial charge in [-0.2, -0.15) is 0 Å². The minimum Gasteiger partial charge on any atom is -0.493 e. The second-order valence-corrected chi connectivity index (χ2v) is 6.44. The van der Waals surface area contributed by atoms with Crippen LogP contribution in [0.3, 0.4) is 0 Å². The Morgan fingerprint density at radius 2 is 1.96 bits per heavy atom. The van der Waals surface area contributed by atoms with E-state index in [1.807, 2.05) is 42.2 Å². The van der Waals surface area contributed by atoms with Crippen LogP contribution in [0.4, 0.5) is 0 Å². The van der Waals surface area contributed by atoms with Crippen molar-refractivity contribution in [2.24, 2.45) is 11.8 Å². The zero-order valence-electron chi connectivity index (χ0n) is 14.5. The summed E-state index contributed by atoms with van der Waals surface area (Å²) in [4.78, 5) is 14.3. The van der Waals surface area contributed by atoms with E-state index in [0.717, 1.165) is 18.7 Å². The molecule has 0 aromatic heterocycles. The van der Waals surface area contributed by atoms with Gasteiger partial charge in [0.05, 0.1) is 7.11 Å². The van der Waals surface area contributed by atoms with Gasteiger partial charge in [0.25, 0.3) is 5.91 Å². The fraction of sp³-hybridized carbons (Fsp3) is 0.526. The summed E-state index contributed by atoms with van der Waals surface area (Å²) in [6.45, 7) is 8.06. The number of allylic oxidation sites excluding steroid dienone is 1. The Balaban J connectivity index is 1.98. The Kier molecular flexibility index (Phi) is 6.08. The Bertz CT molecular complexity index is 558. The molecule has 0 bridgehead atoms. The van der Waals surface area contributed by atoms with E-state index in [1.54, 1.807) is 7.11 Å². The van der Waals surface area contributed by atoms with Gasteiger partial charge < -0.3 is 14.4 Å². The van der Waals surface area contributed by atoms with Crippen LogP contribution in [-0.4, -0.2) is 37.6 Å². The van der Waals surface area contributed by atoms with Crippen molar-refractivity contribution in [1.82, 2.24) is 4.90 Å². The fourth-order valence-electron chi connectivity index (χ4n) is 3.20. The van der Waals surface area contributed by atoms with E-state index < -0.39 is 0 Å². The molecule has 1 aromatic rings. The molecule has 2 atom stereocenters. The van der Waals surface area contributed by atoms with Crippen LogP contribution in [0.5, 0.6) is 11.5 Å². The zero-order valence-corrected chi connectivity index (χ0v) is 14.5. The smallest absolute Gasteiger partial charge is 0.260 e. The maximum Gasteiger partial charge on any atom is 0.260 e. The first-order valence-corrected chi connectivity index (χ1v) is 8.24. The van der Waals surface area contributed by atoms with Crippen LogP contribution < -0.4 is 9.47 Å². The molecule has 0 N–H and O–H groups in total. The molecule has 4 nitrogen and oxygen atoms in total. The summed E-state index contributed by atoms with van der Waals surface area (Å²) >= 11 is 0. The number of hydrogen-bond acceptors (Lipinski definition) is 3. The Morgan fingerprint density at radius 1 is 1.26 bits per heavy atom. The van der Waals surface area contributed by atoms with E-state index in [1.165, 1.54) is 6.42 Å². The minimum atomic E-state index is 0.0444. The summed E-state index contributed by atoms with van der Waals surface area (Å²) in [5, 5.41) is 0. The molecule has 126 valence electrons. The van der Waals surface area contributed by atoms with Crippen molar-refractivity contribution in [3.8, 4) is 11.5 Å². The van der Waals surface area contributed by atoms with Gasteiger partial charge in [-0.1, -0.05) is 32.1 Å². The van der Waals surface area contributed by atoms with Crippen LogP contribution >= 0.6 is 0 Å². The van der Waals surface area contributed by atoms with Gasteiger partial charge in [0.15, 0.2) is 18.1 Å². The summed E-state index contributed by atoms with van der Waals surface area (Å²) in [6.07, 6.45) is 5.15. The molecule has 0 spiro atoms. The van der Waals surface area contributed by atoms with Gasteiger partial charge >= 0.3 is 0 Å². The number of ether oxygens (including phenoxy) is 2. The lowest BCUT2D eigenvalue weighted by molar-refractivity contribution is -0.136. The summed E-state index contributed by atoms with van der Waals surface area (Å²) in [7, 11) is 1.61. The minimum absolute atomic E-state index is 0.0444. The predicted molar refractivity (Wildman–Crippen MR) is 92.7 cm³/mol. The lowest BCUT2D eigenvalue weighted by atomic mass is 9.92. The summed E-state index contributed by atoms with van der Waals surface area (Å²) in [6, 6.07) is 5.71. The summed E-state index contributed by atoms with van der Waals surface area (Å²) < 4.78 is 11.1. The molecule has 23 heavy (non-hydrogen) atoms. The van der Waals surface area contributed by atoms with Crippen LogP contribution in [0.25, 0.3) is 6.08 Å². The third kappa shape index (κ3) is 4.75. The molecule has 1 aliphatic heterocycles. The highest BCUT2D eigenvalue weighted by Crippen LogP contribution is 2.29. The first-order chi connectivity index (χ1) is 11.0. The number of amides is 1. The SMILES string of the molecule is C/C=C/c1ccc(OCC(=O)N2CC(C)CC(C)C2)c(OC)c1. The number of rotatable bonds is 5. The second kappa shape index (κ2) is 8.04. The van der Waals surface area contributed by atoms with Gasteiger partial charge in [0, 0.05) is 13.1 Å². The Morgan fingerprint density at radius 3 is 2.57 bits per heavy atom. The quantitative estimate of drug-likeness (QED) is 0.833. The topological polar surface area (TPSA) is 38.8 Å². The number of carbonyl (C=O) groups is 1. The molecular weight excluding hydrogens is 290 g/mol. The number of methoxy groups -OCH3 is 1. The van der Waals surface area contributed by atoms with Gasteiger partial charge in [-0.15, -0.1) is 0 Å². The zero-order chi connectivity index (χ0) is 16.8. The number of piperidine rings is 1. The van der Waals surface area contributed by atoms with Crippen molar-refractivity contribution in [2.45, 2.75) is 27.2 Å². The second-order valence-electron chi connectivity index (χ2n) is 6.44. The van der Waals surface area contributed by atoms with Crippen molar-refractivity contribution in [3.05, 3.63) is 29.8 Å². The number of benzene rings is 1. The molecule has 1 fully saturated rings. The molecule has 0 saturated carbocycles. The van der Waals surface area contributed by atoms with Gasteiger partial charge in [-0.05, 0) is 42.9 Å². The average Bonchev–Trinajstić information content (AvgIpc) is 2.52. The lowest BCUT2D eigenvalue weighted by Crippen LogP contribution is -2.44. The molecular formula is C19H27NO3. The highest BCUT2D eigenvalue weighted by atomic mass is 16.5. The normalized spacial score (nSPS) is 21.5. The van der Waals surface area contributed by atoms with Crippen LogP contribution in [0.1, 0.15) is 32.8 Å². The number of nitrogens with zero attached hydrogens (tertiary/aromatic N) is 1. The van der Waals surface area contributed by atoms with E-state index in [0.29, 0.717) is 23.3 Å². The predicted octanol–water partition coefficient (Wildman–Crippen LogP) is 3.61. The average molecular weight is 317 g/mol. The molecule has 0 radical (unpaired) electrons. The lowest BCUT2D eigenvalue weighted by Gasteiger charge is -2.34. The maximum atomic E-state index is 12.4. The van der Waals surface area contributed by atoms with E-state index in [4.69, 9.17) is 9.47 Å². The Labute approximate surface area is 139 Å². The van der Waals surface area contributed by atoms with Gasteiger partial charge in [-0.25, -0.2) is 0 Å². The van der Waals surface area contributed by atoms with E-state index in [2.05, 4.69) is 13.8 Å². The molecule has 1 aliphatic rings. The standard InChI is InChI=1S/C19H27NO3/c1-5-6-16-7-8-17(18(10-16)22-4)23-13-19(21)20-11-14(2)9-15(3)12-20/h5-8,10,14-15H,9,11-13H2,1-4H3/b6-5+. The van der Waals surface area contributed by atoms with Crippen LogP contribution in [0.2, 0.25) is 0 Å². The molecule has 1 saturated heterocycles. The molecule has 0 aliphatic carbocycles. The van der Waals surface area contributed by atoms with Crippen molar-refractivity contribution in [2.75, 3.05) is 26.8 Å². The van der Waals surface area contributed by atoms with Crippen LogP contribution in [0, 0.1) is 11.8 Å². The van der Waals surface area contributed by atoms with Crippen molar-refractivity contribution in [1.29, 1.82) is 0 Å². The molecule has 2 rings (SSSR count). The maximum absolute atomic E-state index is 12.4.